The van der Waals surface area contributed by atoms with Gasteiger partial charge >= 0.3 is 0 Å². The van der Waals surface area contributed by atoms with Crippen LogP contribution in [0.15, 0.2) is 58.0 Å². The van der Waals surface area contributed by atoms with Gasteiger partial charge in [-0.1, -0.05) is 12.1 Å². The maximum Gasteiger partial charge on any atom is 0.281 e. The lowest BCUT2D eigenvalue weighted by Crippen LogP contribution is -2.35. The molecule has 140 valence electrons. The second-order valence-corrected chi connectivity index (χ2v) is 7.73. The van der Waals surface area contributed by atoms with Gasteiger partial charge in [0.1, 0.15) is 10.7 Å². The highest BCUT2D eigenvalue weighted by Gasteiger charge is 2.14. The highest BCUT2D eigenvalue weighted by molar-refractivity contribution is 7.16. The molecule has 0 aliphatic heterocycles. The van der Waals surface area contributed by atoms with E-state index < -0.39 is 5.91 Å². The number of fused-ring (bicyclic) bond motifs is 1. The van der Waals surface area contributed by atoms with E-state index in [-0.39, 0.29) is 11.5 Å². The van der Waals surface area contributed by atoms with Crippen molar-refractivity contribution in [2.75, 3.05) is 10.7 Å². The van der Waals surface area contributed by atoms with Gasteiger partial charge in [-0.05, 0) is 48.0 Å². The molecule has 7 nitrogen and oxygen atoms in total. The Labute approximate surface area is 167 Å². The molecular formula is C19H14N4O3S2. The van der Waals surface area contributed by atoms with Crippen LogP contribution in [0.4, 0.5) is 5.69 Å². The summed E-state index contributed by atoms with van der Waals surface area (Å²) in [5.41, 5.74) is 3.04. The molecule has 0 fully saturated rings. The highest BCUT2D eigenvalue weighted by atomic mass is 32.1. The van der Waals surface area contributed by atoms with Crippen molar-refractivity contribution >= 4 is 50.4 Å². The van der Waals surface area contributed by atoms with E-state index >= 15 is 0 Å². The Morgan fingerprint density at radius 3 is 2.68 bits per heavy atom. The van der Waals surface area contributed by atoms with E-state index in [9.17, 15) is 14.4 Å². The van der Waals surface area contributed by atoms with Gasteiger partial charge < -0.3 is 5.32 Å². The third-order valence-corrected chi connectivity index (χ3v) is 5.68. The number of nitrogens with zero attached hydrogens (tertiary/aromatic N) is 2. The quantitative estimate of drug-likeness (QED) is 0.539. The molecule has 3 aromatic heterocycles. The maximum absolute atomic E-state index is 12.7. The Morgan fingerprint density at radius 1 is 1.04 bits per heavy atom. The van der Waals surface area contributed by atoms with Crippen molar-refractivity contribution in [3.63, 3.8) is 0 Å². The summed E-state index contributed by atoms with van der Waals surface area (Å²) in [5, 5.41) is 6.81. The predicted molar refractivity (Wildman–Crippen MR) is 111 cm³/mol. The molecule has 0 radical (unpaired) electrons. The zero-order valence-electron chi connectivity index (χ0n) is 14.6. The first-order chi connectivity index (χ1) is 13.5. The number of aryl methyl sites for hydroxylation is 1. The van der Waals surface area contributed by atoms with Gasteiger partial charge in [-0.3, -0.25) is 19.8 Å². The van der Waals surface area contributed by atoms with Crippen molar-refractivity contribution in [1.82, 2.24) is 9.66 Å². The van der Waals surface area contributed by atoms with Crippen LogP contribution in [-0.4, -0.2) is 21.5 Å². The van der Waals surface area contributed by atoms with E-state index in [1.807, 2.05) is 5.38 Å². The molecule has 2 amide bonds. The number of rotatable bonds is 4. The van der Waals surface area contributed by atoms with Crippen molar-refractivity contribution in [1.29, 1.82) is 0 Å². The summed E-state index contributed by atoms with van der Waals surface area (Å²) < 4.78 is 1.13. The molecular weight excluding hydrogens is 396 g/mol. The van der Waals surface area contributed by atoms with Gasteiger partial charge in [0.15, 0.2) is 0 Å². The third kappa shape index (κ3) is 3.45. The number of amides is 2. The molecule has 0 atom stereocenters. The average molecular weight is 410 g/mol. The van der Waals surface area contributed by atoms with Crippen LogP contribution in [-0.2, 0) is 0 Å². The first-order valence-electron chi connectivity index (χ1n) is 8.26. The average Bonchev–Trinajstić information content (AvgIpc) is 3.37. The Hall–Kier alpha value is -3.30. The number of carbonyl (C=O) groups excluding carboxylic acids is 2. The SMILES string of the molecule is Cc1nc2sccc2c(=O)n1NC(=O)c1cccc(NC(=O)c2cccs2)c1. The monoisotopic (exact) mass is 410 g/mol. The van der Waals surface area contributed by atoms with Crippen molar-refractivity contribution in [2.45, 2.75) is 6.92 Å². The minimum atomic E-state index is -0.478. The van der Waals surface area contributed by atoms with Crippen LogP contribution in [0, 0.1) is 6.92 Å². The number of anilines is 1. The van der Waals surface area contributed by atoms with Crippen molar-refractivity contribution in [2.24, 2.45) is 0 Å². The first-order valence-corrected chi connectivity index (χ1v) is 10.0. The second kappa shape index (κ2) is 7.37. The van der Waals surface area contributed by atoms with Crippen LogP contribution in [0.1, 0.15) is 25.9 Å². The minimum Gasteiger partial charge on any atom is -0.321 e. The van der Waals surface area contributed by atoms with Gasteiger partial charge in [-0.2, -0.15) is 0 Å². The van der Waals surface area contributed by atoms with Crippen LogP contribution < -0.4 is 16.3 Å². The van der Waals surface area contributed by atoms with Gasteiger partial charge in [0.05, 0.1) is 10.3 Å². The van der Waals surface area contributed by atoms with Crippen LogP contribution in [0.5, 0.6) is 0 Å². The first kappa shape index (κ1) is 18.1. The Balaban J connectivity index is 1.57. The molecule has 4 rings (SSSR count). The molecule has 9 heteroatoms. The number of aromatic nitrogens is 2. The standard InChI is InChI=1S/C19H14N4O3S2/c1-11-20-18-14(7-9-28-18)19(26)23(11)22-16(24)12-4-2-5-13(10-12)21-17(25)15-6-3-8-27-15/h2-10H,1H3,(H,21,25)(H,22,24). The van der Waals surface area contributed by atoms with E-state index in [1.165, 1.54) is 22.7 Å². The fraction of sp³-hybridized carbons (Fsp3) is 0.0526. The van der Waals surface area contributed by atoms with E-state index in [4.69, 9.17) is 0 Å². The van der Waals surface area contributed by atoms with Gasteiger partial charge in [-0.15, -0.1) is 22.7 Å². The Morgan fingerprint density at radius 2 is 1.89 bits per heavy atom. The molecule has 0 aliphatic carbocycles. The Bertz CT molecular complexity index is 1240. The van der Waals surface area contributed by atoms with Gasteiger partial charge in [0.25, 0.3) is 17.4 Å². The van der Waals surface area contributed by atoms with Crippen LogP contribution >= 0.6 is 22.7 Å². The van der Waals surface area contributed by atoms with Crippen molar-refractivity contribution in [3.8, 4) is 0 Å². The zero-order valence-corrected chi connectivity index (χ0v) is 16.3. The molecule has 28 heavy (non-hydrogen) atoms. The minimum absolute atomic E-state index is 0.244. The van der Waals surface area contributed by atoms with E-state index in [1.54, 1.807) is 54.8 Å². The Kier molecular flexibility index (Phi) is 4.76. The lowest BCUT2D eigenvalue weighted by molar-refractivity contribution is 0.100. The van der Waals surface area contributed by atoms with Crippen LogP contribution in [0.3, 0.4) is 0 Å². The molecule has 0 unspecified atom stereocenters. The van der Waals surface area contributed by atoms with Gasteiger partial charge in [0.2, 0.25) is 0 Å². The fourth-order valence-corrected chi connectivity index (χ4v) is 4.07. The number of hydrogen-bond acceptors (Lipinski definition) is 6. The summed E-state index contributed by atoms with van der Waals surface area (Å²) in [7, 11) is 0. The second-order valence-electron chi connectivity index (χ2n) is 5.89. The molecule has 0 bridgehead atoms. The number of thiophene rings is 2. The van der Waals surface area contributed by atoms with E-state index in [2.05, 4.69) is 15.7 Å². The maximum atomic E-state index is 12.7. The highest BCUT2D eigenvalue weighted by Crippen LogP contribution is 2.16. The lowest BCUT2D eigenvalue weighted by Gasteiger charge is -2.12. The van der Waals surface area contributed by atoms with Crippen LogP contribution in [0.25, 0.3) is 10.2 Å². The largest absolute Gasteiger partial charge is 0.321 e. The van der Waals surface area contributed by atoms with E-state index in [0.29, 0.717) is 32.2 Å². The van der Waals surface area contributed by atoms with Crippen molar-refractivity contribution in [3.05, 3.63) is 79.8 Å². The summed E-state index contributed by atoms with van der Waals surface area (Å²) in [5.74, 6) is -0.337. The van der Waals surface area contributed by atoms with Gasteiger partial charge in [0, 0.05) is 11.3 Å². The number of carbonyl (C=O) groups is 2. The normalized spacial score (nSPS) is 10.8. The lowest BCUT2D eigenvalue weighted by atomic mass is 10.2. The summed E-state index contributed by atoms with van der Waals surface area (Å²) in [6.07, 6.45) is 0. The number of nitrogens with one attached hydrogen (secondary N) is 2. The smallest absolute Gasteiger partial charge is 0.281 e. The van der Waals surface area contributed by atoms with Gasteiger partial charge in [-0.25, -0.2) is 9.66 Å². The zero-order chi connectivity index (χ0) is 19.7. The fourth-order valence-electron chi connectivity index (χ4n) is 2.65. The number of hydrogen-bond donors (Lipinski definition) is 2. The summed E-state index contributed by atoms with van der Waals surface area (Å²) in [6, 6.07) is 11.7. The molecule has 4 aromatic rings. The predicted octanol–water partition coefficient (Wildman–Crippen LogP) is 3.46. The van der Waals surface area contributed by atoms with Crippen LogP contribution in [0.2, 0.25) is 0 Å². The molecule has 0 saturated heterocycles. The topological polar surface area (TPSA) is 93.1 Å². The molecule has 3 heterocycles. The summed E-state index contributed by atoms with van der Waals surface area (Å²) in [4.78, 5) is 43.0. The number of benzene rings is 1. The summed E-state index contributed by atoms with van der Waals surface area (Å²) >= 11 is 2.70. The molecule has 2 N–H and O–H groups in total. The van der Waals surface area contributed by atoms with E-state index in [0.717, 1.165) is 4.68 Å². The summed E-state index contributed by atoms with van der Waals surface area (Å²) in [6.45, 7) is 1.65. The molecule has 0 aliphatic rings. The molecule has 0 saturated carbocycles. The molecule has 0 spiro atoms. The molecule has 1 aromatic carbocycles. The third-order valence-electron chi connectivity index (χ3n) is 4.01. The van der Waals surface area contributed by atoms with Crippen molar-refractivity contribution < 1.29 is 9.59 Å².